The molecule has 6 nitrogen and oxygen atoms in total. The Balaban J connectivity index is 2.36. The molecule has 0 saturated carbocycles. The first-order chi connectivity index (χ1) is 9.00. The summed E-state index contributed by atoms with van der Waals surface area (Å²) in [5, 5.41) is 13.2. The van der Waals surface area contributed by atoms with E-state index in [0.717, 1.165) is 0 Å². The van der Waals surface area contributed by atoms with Crippen LogP contribution in [0.2, 0.25) is 0 Å². The molecule has 0 aromatic heterocycles. The summed E-state index contributed by atoms with van der Waals surface area (Å²) in [5.41, 5.74) is 0.431. The van der Waals surface area contributed by atoms with Crippen molar-refractivity contribution >= 4 is 33.7 Å². The average molecular weight is 329 g/mol. The van der Waals surface area contributed by atoms with E-state index in [-0.39, 0.29) is 25.4 Å². The summed E-state index contributed by atoms with van der Waals surface area (Å²) in [6.45, 7) is -0.154. The summed E-state index contributed by atoms with van der Waals surface area (Å²) in [6, 6.07) is 6.84. The number of aliphatic carboxylic acids is 1. The van der Waals surface area contributed by atoms with Crippen LogP contribution >= 0.6 is 15.9 Å². The number of carbonyl (C=O) groups excluding carboxylic acids is 2. The first kappa shape index (κ1) is 15.2. The number of rotatable bonds is 6. The molecule has 0 aliphatic carbocycles. The molecule has 102 valence electrons. The van der Waals surface area contributed by atoms with Crippen molar-refractivity contribution in [2.24, 2.45) is 0 Å². The van der Waals surface area contributed by atoms with Gasteiger partial charge in [-0.25, -0.2) is 0 Å². The van der Waals surface area contributed by atoms with E-state index >= 15 is 0 Å². The minimum atomic E-state index is -0.988. The molecule has 1 aromatic carbocycles. The molecule has 7 heteroatoms. The summed E-state index contributed by atoms with van der Waals surface area (Å²) in [5.74, 6) is -1.79. The van der Waals surface area contributed by atoms with Gasteiger partial charge in [-0.2, -0.15) is 0 Å². The average Bonchev–Trinajstić information content (AvgIpc) is 2.36. The fourth-order valence-electron chi connectivity index (χ4n) is 1.27. The molecule has 0 fully saturated rings. The van der Waals surface area contributed by atoms with E-state index in [1.54, 1.807) is 24.3 Å². The predicted octanol–water partition coefficient (Wildman–Crippen LogP) is 0.770. The Morgan fingerprint density at radius 1 is 1.16 bits per heavy atom. The van der Waals surface area contributed by atoms with Crippen LogP contribution < -0.4 is 10.6 Å². The van der Waals surface area contributed by atoms with E-state index in [1.165, 1.54) is 0 Å². The van der Waals surface area contributed by atoms with Crippen molar-refractivity contribution in [2.75, 3.05) is 13.1 Å². The Kier molecular flexibility index (Phi) is 6.01. The number of nitrogens with one attached hydrogen (secondary N) is 2. The smallest absolute Gasteiger partial charge is 0.305 e. The fourth-order valence-corrected chi connectivity index (χ4v) is 1.74. The number of carboxylic acid groups (broad SMARTS) is 1. The Labute approximate surface area is 118 Å². The van der Waals surface area contributed by atoms with Crippen LogP contribution in [0.3, 0.4) is 0 Å². The lowest BCUT2D eigenvalue weighted by Gasteiger charge is -2.07. The van der Waals surface area contributed by atoms with Crippen LogP contribution in [0.15, 0.2) is 28.7 Å². The number of amides is 2. The minimum Gasteiger partial charge on any atom is -0.481 e. The van der Waals surface area contributed by atoms with Crippen molar-refractivity contribution in [3.8, 4) is 0 Å². The highest BCUT2D eigenvalue weighted by atomic mass is 79.9. The van der Waals surface area contributed by atoms with Gasteiger partial charge in [0.05, 0.1) is 18.5 Å². The van der Waals surface area contributed by atoms with Gasteiger partial charge in [-0.3, -0.25) is 14.4 Å². The van der Waals surface area contributed by atoms with Gasteiger partial charge in [-0.05, 0) is 28.1 Å². The molecular weight excluding hydrogens is 316 g/mol. The Morgan fingerprint density at radius 2 is 1.84 bits per heavy atom. The summed E-state index contributed by atoms with van der Waals surface area (Å²) in [6.07, 6.45) is -0.149. The molecule has 3 N–H and O–H groups in total. The lowest BCUT2D eigenvalue weighted by atomic mass is 10.2. The van der Waals surface area contributed by atoms with Crippen molar-refractivity contribution in [2.45, 2.75) is 6.42 Å². The maximum atomic E-state index is 11.7. The van der Waals surface area contributed by atoms with Crippen LogP contribution in [0, 0.1) is 0 Å². The zero-order valence-corrected chi connectivity index (χ0v) is 11.6. The van der Waals surface area contributed by atoms with E-state index < -0.39 is 11.9 Å². The van der Waals surface area contributed by atoms with Crippen molar-refractivity contribution in [1.82, 2.24) is 10.6 Å². The number of carboxylic acids is 1. The molecule has 0 saturated heterocycles. The van der Waals surface area contributed by atoms with E-state index in [9.17, 15) is 14.4 Å². The van der Waals surface area contributed by atoms with Gasteiger partial charge in [0.15, 0.2) is 0 Å². The lowest BCUT2D eigenvalue weighted by Crippen LogP contribution is -2.37. The second kappa shape index (κ2) is 7.52. The molecule has 1 aromatic rings. The molecule has 0 unspecified atom stereocenters. The van der Waals surface area contributed by atoms with E-state index in [1.807, 2.05) is 0 Å². The molecule has 0 aliphatic rings. The summed E-state index contributed by atoms with van der Waals surface area (Å²) >= 11 is 3.24. The van der Waals surface area contributed by atoms with Gasteiger partial charge in [0.1, 0.15) is 0 Å². The van der Waals surface area contributed by atoms with Crippen molar-refractivity contribution in [3.63, 3.8) is 0 Å². The monoisotopic (exact) mass is 328 g/mol. The van der Waals surface area contributed by atoms with Gasteiger partial charge in [0, 0.05) is 11.0 Å². The van der Waals surface area contributed by atoms with Crippen molar-refractivity contribution < 1.29 is 19.5 Å². The second-order valence-corrected chi connectivity index (χ2v) is 4.51. The first-order valence-electron chi connectivity index (χ1n) is 5.52. The predicted molar refractivity (Wildman–Crippen MR) is 71.7 cm³/mol. The van der Waals surface area contributed by atoms with E-state index in [4.69, 9.17) is 5.11 Å². The zero-order valence-electron chi connectivity index (χ0n) is 9.98. The minimum absolute atomic E-state index is 0.0407. The molecule has 0 spiro atoms. The van der Waals surface area contributed by atoms with Gasteiger partial charge in [0.2, 0.25) is 5.91 Å². The fraction of sp³-hybridized carbons (Fsp3) is 0.250. The number of hydrogen-bond donors (Lipinski definition) is 3. The van der Waals surface area contributed by atoms with Gasteiger partial charge >= 0.3 is 5.97 Å². The van der Waals surface area contributed by atoms with Crippen molar-refractivity contribution in [3.05, 3.63) is 34.3 Å². The van der Waals surface area contributed by atoms with Crippen LogP contribution in [-0.2, 0) is 9.59 Å². The molecule has 1 rings (SSSR count). The normalized spacial score (nSPS) is 9.74. The molecular formula is C12H13BrN2O4. The van der Waals surface area contributed by atoms with Crippen LogP contribution in [0.25, 0.3) is 0 Å². The third-order valence-electron chi connectivity index (χ3n) is 2.19. The number of halogens is 1. The number of carbonyl (C=O) groups is 3. The Bertz CT molecular complexity index is 490. The maximum absolute atomic E-state index is 11.7. The highest BCUT2D eigenvalue weighted by molar-refractivity contribution is 9.10. The van der Waals surface area contributed by atoms with Crippen molar-refractivity contribution in [1.29, 1.82) is 0 Å². The third kappa shape index (κ3) is 5.52. The van der Waals surface area contributed by atoms with E-state index in [2.05, 4.69) is 26.6 Å². The molecule has 0 atom stereocenters. The Hall–Kier alpha value is -1.89. The first-order valence-corrected chi connectivity index (χ1v) is 6.31. The number of benzene rings is 1. The highest BCUT2D eigenvalue weighted by Crippen LogP contribution is 2.15. The topological polar surface area (TPSA) is 95.5 Å². The summed E-state index contributed by atoms with van der Waals surface area (Å²) < 4.78 is 0.638. The SMILES string of the molecule is O=C(O)CCNC(=O)CNC(=O)c1ccccc1Br. The van der Waals surface area contributed by atoms with Crippen LogP contribution in [0.1, 0.15) is 16.8 Å². The molecule has 0 radical (unpaired) electrons. The van der Waals surface area contributed by atoms with Gasteiger partial charge in [-0.1, -0.05) is 12.1 Å². The molecule has 0 bridgehead atoms. The van der Waals surface area contributed by atoms with E-state index in [0.29, 0.717) is 10.0 Å². The summed E-state index contributed by atoms with van der Waals surface area (Å²) in [4.78, 5) is 33.3. The quantitative estimate of drug-likeness (QED) is 0.718. The lowest BCUT2D eigenvalue weighted by molar-refractivity contribution is -0.136. The van der Waals surface area contributed by atoms with Crippen LogP contribution in [0.4, 0.5) is 0 Å². The second-order valence-electron chi connectivity index (χ2n) is 3.66. The third-order valence-corrected chi connectivity index (χ3v) is 2.88. The highest BCUT2D eigenvalue weighted by Gasteiger charge is 2.10. The largest absolute Gasteiger partial charge is 0.481 e. The maximum Gasteiger partial charge on any atom is 0.305 e. The summed E-state index contributed by atoms with van der Waals surface area (Å²) in [7, 11) is 0. The van der Waals surface area contributed by atoms with Gasteiger partial charge in [0.25, 0.3) is 5.91 Å². The van der Waals surface area contributed by atoms with Gasteiger partial charge < -0.3 is 15.7 Å². The molecule has 0 aliphatic heterocycles. The van der Waals surface area contributed by atoms with Crippen LogP contribution in [0.5, 0.6) is 0 Å². The Morgan fingerprint density at radius 3 is 2.47 bits per heavy atom. The number of hydrogen-bond acceptors (Lipinski definition) is 3. The standard InChI is InChI=1S/C12H13BrN2O4/c13-9-4-2-1-3-8(9)12(19)15-7-10(16)14-6-5-11(17)18/h1-4H,5-7H2,(H,14,16)(H,15,19)(H,17,18). The van der Waals surface area contributed by atoms with Crippen LogP contribution in [-0.4, -0.2) is 36.0 Å². The van der Waals surface area contributed by atoms with Gasteiger partial charge in [-0.15, -0.1) is 0 Å². The molecule has 19 heavy (non-hydrogen) atoms. The molecule has 0 heterocycles. The zero-order chi connectivity index (χ0) is 14.3. The molecule has 2 amide bonds.